The van der Waals surface area contributed by atoms with Crippen LogP contribution in [0.4, 0.5) is 0 Å². The number of nitrogens with zero attached hydrogens (tertiary/aromatic N) is 1. The van der Waals surface area contributed by atoms with Crippen LogP contribution in [0.3, 0.4) is 0 Å². The van der Waals surface area contributed by atoms with Gasteiger partial charge in [0, 0.05) is 10.9 Å². The Balaban J connectivity index is 2.63. The molecule has 0 saturated heterocycles. The molecule has 1 aromatic carbocycles. The molecule has 0 bridgehead atoms. The molecule has 2 aromatic rings. The number of benzene rings is 1. The van der Waals surface area contributed by atoms with E-state index in [0.29, 0.717) is 5.04 Å². The summed E-state index contributed by atoms with van der Waals surface area (Å²) in [5, 5.41) is 1.75. The van der Waals surface area contributed by atoms with Gasteiger partial charge in [0.25, 0.3) is 0 Å². The van der Waals surface area contributed by atoms with Crippen molar-refractivity contribution in [1.82, 2.24) is 4.23 Å². The zero-order valence-electron chi connectivity index (χ0n) is 14.6. The smallest absolute Gasteiger partial charge is 0.161 e. The lowest BCUT2D eigenvalue weighted by molar-refractivity contribution is 0.702. The summed E-state index contributed by atoms with van der Waals surface area (Å²) in [6.45, 7) is 16.4. The van der Waals surface area contributed by atoms with Crippen molar-refractivity contribution >= 4 is 19.1 Å². The standard InChI is InChI=1S/C19H29NSi/c1-15(2)12-13-16-14-20(21(6,7)19(3,4)5)18-11-9-8-10-17(16)18/h8-12,14H,13H2,1-7H3. The van der Waals surface area contributed by atoms with Crippen LogP contribution in [0.1, 0.15) is 40.2 Å². The molecule has 0 unspecified atom stereocenters. The average molecular weight is 300 g/mol. The van der Waals surface area contributed by atoms with E-state index in [1.807, 2.05) is 0 Å². The maximum atomic E-state index is 2.61. The third-order valence-corrected chi connectivity index (χ3v) is 10.2. The largest absolute Gasteiger partial charge is 0.374 e. The highest BCUT2D eigenvalue weighted by Gasteiger charge is 2.38. The predicted octanol–water partition coefficient (Wildman–Crippen LogP) is 6.00. The maximum Gasteiger partial charge on any atom is 0.161 e. The van der Waals surface area contributed by atoms with Crippen LogP contribution >= 0.6 is 0 Å². The van der Waals surface area contributed by atoms with E-state index in [1.54, 1.807) is 0 Å². The number of hydrogen-bond acceptors (Lipinski definition) is 0. The van der Waals surface area contributed by atoms with Gasteiger partial charge in [-0.3, -0.25) is 0 Å². The summed E-state index contributed by atoms with van der Waals surface area (Å²) in [7, 11) is -1.58. The lowest BCUT2D eigenvalue weighted by Gasteiger charge is -2.38. The van der Waals surface area contributed by atoms with Crippen LogP contribution in [-0.4, -0.2) is 12.5 Å². The Morgan fingerprint density at radius 2 is 1.76 bits per heavy atom. The van der Waals surface area contributed by atoms with Crippen LogP contribution in [-0.2, 0) is 6.42 Å². The quantitative estimate of drug-likeness (QED) is 0.483. The Morgan fingerprint density at radius 3 is 2.33 bits per heavy atom. The molecule has 1 aromatic heterocycles. The summed E-state index contributed by atoms with van der Waals surface area (Å²) < 4.78 is 2.61. The molecule has 0 spiro atoms. The highest BCUT2D eigenvalue weighted by molar-refractivity contribution is 6.79. The van der Waals surface area contributed by atoms with Crippen molar-refractivity contribution in [2.45, 2.75) is 59.2 Å². The molecule has 0 fully saturated rings. The molecule has 0 atom stereocenters. The molecule has 0 radical (unpaired) electrons. The molecule has 0 amide bonds. The third kappa shape index (κ3) is 3.01. The van der Waals surface area contributed by atoms with Crippen LogP contribution in [0, 0.1) is 0 Å². The molecule has 2 rings (SSSR count). The van der Waals surface area contributed by atoms with E-state index >= 15 is 0 Å². The molecule has 1 nitrogen and oxygen atoms in total. The predicted molar refractivity (Wildman–Crippen MR) is 97.7 cm³/mol. The minimum absolute atomic E-state index is 0.336. The number of aromatic nitrogens is 1. The minimum atomic E-state index is -1.58. The number of fused-ring (bicyclic) bond motifs is 1. The fraction of sp³-hybridized carbons (Fsp3) is 0.474. The summed E-state index contributed by atoms with van der Waals surface area (Å²) in [4.78, 5) is 0. The number of para-hydroxylation sites is 1. The van der Waals surface area contributed by atoms with E-state index in [0.717, 1.165) is 6.42 Å². The van der Waals surface area contributed by atoms with Crippen molar-refractivity contribution < 1.29 is 0 Å². The zero-order chi connectivity index (χ0) is 15.8. The van der Waals surface area contributed by atoms with E-state index in [4.69, 9.17) is 0 Å². The van der Waals surface area contributed by atoms with E-state index in [1.165, 1.54) is 22.0 Å². The molecular weight excluding hydrogens is 270 g/mol. The summed E-state index contributed by atoms with van der Waals surface area (Å²) in [6.07, 6.45) is 5.78. The summed E-state index contributed by atoms with van der Waals surface area (Å²) in [5.41, 5.74) is 4.25. The van der Waals surface area contributed by atoms with E-state index in [9.17, 15) is 0 Å². The molecule has 1 heterocycles. The third-order valence-electron chi connectivity index (χ3n) is 4.96. The van der Waals surface area contributed by atoms with Gasteiger partial charge in [-0.1, -0.05) is 63.7 Å². The van der Waals surface area contributed by atoms with Gasteiger partial charge in [0.05, 0.1) is 0 Å². The lowest BCUT2D eigenvalue weighted by atomic mass is 10.1. The van der Waals surface area contributed by atoms with Gasteiger partial charge in [-0.15, -0.1) is 0 Å². The second-order valence-corrected chi connectivity index (χ2v) is 12.9. The Kier molecular flexibility index (Phi) is 4.21. The SMILES string of the molecule is CC(C)=CCc1cn([Si](C)(C)C(C)(C)C)c2ccccc12. The van der Waals surface area contributed by atoms with Crippen LogP contribution < -0.4 is 0 Å². The molecule has 114 valence electrons. The molecule has 0 aliphatic heterocycles. The number of rotatable bonds is 3. The minimum Gasteiger partial charge on any atom is -0.374 e. The van der Waals surface area contributed by atoms with Gasteiger partial charge >= 0.3 is 0 Å². The van der Waals surface area contributed by atoms with Gasteiger partial charge in [0.1, 0.15) is 0 Å². The number of hydrogen-bond donors (Lipinski definition) is 0. The van der Waals surface area contributed by atoms with Crippen LogP contribution in [0.5, 0.6) is 0 Å². The lowest BCUT2D eigenvalue weighted by Crippen LogP contribution is -2.44. The molecule has 0 aliphatic carbocycles. The fourth-order valence-corrected chi connectivity index (χ4v) is 4.55. The Morgan fingerprint density at radius 1 is 1.14 bits per heavy atom. The van der Waals surface area contributed by atoms with Crippen molar-refractivity contribution in [1.29, 1.82) is 0 Å². The Labute approximate surface area is 130 Å². The van der Waals surface area contributed by atoms with Gasteiger partial charge in [0.2, 0.25) is 0 Å². The molecule has 0 saturated carbocycles. The normalized spacial score (nSPS) is 12.7. The fourth-order valence-electron chi connectivity index (χ4n) is 2.55. The first-order valence-corrected chi connectivity index (χ1v) is 10.8. The van der Waals surface area contributed by atoms with Crippen molar-refractivity contribution in [3.63, 3.8) is 0 Å². The van der Waals surface area contributed by atoms with Crippen molar-refractivity contribution in [2.75, 3.05) is 0 Å². The number of allylic oxidation sites excluding steroid dienone is 2. The summed E-state index contributed by atoms with van der Waals surface area (Å²) >= 11 is 0. The van der Waals surface area contributed by atoms with Crippen molar-refractivity contribution in [3.8, 4) is 0 Å². The topological polar surface area (TPSA) is 4.93 Å². The molecular formula is C19H29NSi. The monoisotopic (exact) mass is 299 g/mol. The van der Waals surface area contributed by atoms with Gasteiger partial charge < -0.3 is 4.23 Å². The van der Waals surface area contributed by atoms with Crippen molar-refractivity contribution in [3.05, 3.63) is 47.7 Å². The van der Waals surface area contributed by atoms with Gasteiger partial charge in [0.15, 0.2) is 8.24 Å². The average Bonchev–Trinajstić information content (AvgIpc) is 2.74. The first-order valence-electron chi connectivity index (χ1n) is 7.87. The molecule has 21 heavy (non-hydrogen) atoms. The zero-order valence-corrected chi connectivity index (χ0v) is 15.6. The second-order valence-electron chi connectivity index (χ2n) is 7.84. The van der Waals surface area contributed by atoms with Gasteiger partial charge in [-0.25, -0.2) is 0 Å². The second kappa shape index (κ2) is 5.49. The van der Waals surface area contributed by atoms with E-state index < -0.39 is 8.24 Å². The molecule has 0 aliphatic rings. The van der Waals surface area contributed by atoms with Crippen LogP contribution in [0.2, 0.25) is 18.1 Å². The van der Waals surface area contributed by atoms with Gasteiger partial charge in [-0.2, -0.15) is 0 Å². The van der Waals surface area contributed by atoms with Crippen molar-refractivity contribution in [2.24, 2.45) is 0 Å². The molecule has 2 heteroatoms. The first kappa shape index (κ1) is 16.1. The first-order chi connectivity index (χ1) is 9.64. The molecule has 0 N–H and O–H groups in total. The maximum absolute atomic E-state index is 2.61. The van der Waals surface area contributed by atoms with Crippen LogP contribution in [0.25, 0.3) is 10.9 Å². The highest BCUT2D eigenvalue weighted by Crippen LogP contribution is 2.39. The highest BCUT2D eigenvalue weighted by atomic mass is 28.3. The summed E-state index contributed by atoms with van der Waals surface area (Å²) in [6, 6.07) is 8.87. The van der Waals surface area contributed by atoms with E-state index in [-0.39, 0.29) is 0 Å². The Hall–Kier alpha value is -1.28. The Bertz CT molecular complexity index is 664. The van der Waals surface area contributed by atoms with E-state index in [2.05, 4.69) is 88.5 Å². The summed E-state index contributed by atoms with van der Waals surface area (Å²) in [5.74, 6) is 0. The van der Waals surface area contributed by atoms with Gasteiger partial charge in [-0.05, 0) is 43.1 Å². The van der Waals surface area contributed by atoms with Crippen LogP contribution in [0.15, 0.2) is 42.1 Å².